The minimum Gasteiger partial charge on any atom is -0.491 e. The third-order valence-electron chi connectivity index (χ3n) is 6.97. The van der Waals surface area contributed by atoms with Crippen molar-refractivity contribution >= 4 is 5.91 Å². The van der Waals surface area contributed by atoms with Crippen molar-refractivity contribution in [2.75, 3.05) is 33.4 Å². The summed E-state index contributed by atoms with van der Waals surface area (Å²) in [6.07, 6.45) is 2.75. The molecular weight excluding hydrogens is 390 g/mol. The molecule has 1 aromatic heterocycles. The lowest BCUT2D eigenvalue weighted by Gasteiger charge is -2.38. The van der Waals surface area contributed by atoms with Crippen molar-refractivity contribution in [3.05, 3.63) is 58.4 Å². The molecule has 166 valence electrons. The molecule has 0 aliphatic carbocycles. The van der Waals surface area contributed by atoms with E-state index in [1.165, 1.54) is 16.7 Å². The molecule has 2 aliphatic rings. The van der Waals surface area contributed by atoms with Crippen LogP contribution in [0.2, 0.25) is 0 Å². The van der Waals surface area contributed by atoms with Crippen molar-refractivity contribution < 1.29 is 14.3 Å². The molecule has 2 fully saturated rings. The molecule has 4 rings (SSSR count). The summed E-state index contributed by atoms with van der Waals surface area (Å²) in [4.78, 5) is 21.9. The number of aryl methyl sites for hydroxylation is 1. The third-order valence-corrected chi connectivity index (χ3v) is 6.97. The molecule has 0 unspecified atom stereocenters. The summed E-state index contributed by atoms with van der Waals surface area (Å²) in [5, 5.41) is 0. The van der Waals surface area contributed by atoms with E-state index in [0.29, 0.717) is 30.9 Å². The Bertz CT molecular complexity index is 944. The zero-order chi connectivity index (χ0) is 22.1. The van der Waals surface area contributed by atoms with Crippen LogP contribution in [0.1, 0.15) is 52.1 Å². The molecule has 6 heteroatoms. The van der Waals surface area contributed by atoms with Crippen molar-refractivity contribution in [1.29, 1.82) is 0 Å². The molecule has 0 radical (unpaired) electrons. The van der Waals surface area contributed by atoms with Crippen molar-refractivity contribution in [3.63, 3.8) is 0 Å². The molecule has 2 saturated heterocycles. The van der Waals surface area contributed by atoms with Crippen molar-refractivity contribution in [2.24, 2.45) is 0 Å². The van der Waals surface area contributed by atoms with Gasteiger partial charge in [0.05, 0.1) is 12.2 Å². The monoisotopic (exact) mass is 423 g/mol. The number of ether oxygens (including phenoxy) is 2. The van der Waals surface area contributed by atoms with Crippen molar-refractivity contribution in [3.8, 4) is 5.75 Å². The summed E-state index contributed by atoms with van der Waals surface area (Å²) in [5.74, 6) is 1.04. The number of likely N-dealkylation sites (tertiary alicyclic amines) is 2. The number of rotatable bonds is 7. The average molecular weight is 424 g/mol. The van der Waals surface area contributed by atoms with Gasteiger partial charge in [0.1, 0.15) is 12.4 Å². The highest BCUT2D eigenvalue weighted by Crippen LogP contribution is 2.39. The van der Waals surface area contributed by atoms with Crippen LogP contribution in [0.25, 0.3) is 0 Å². The van der Waals surface area contributed by atoms with Gasteiger partial charge in [-0.1, -0.05) is 6.07 Å². The van der Waals surface area contributed by atoms with Crippen LogP contribution in [-0.2, 0) is 4.74 Å². The first kappa shape index (κ1) is 21.8. The average Bonchev–Trinajstić information content (AvgIpc) is 3.38. The number of aromatic nitrogens is 1. The maximum atomic E-state index is 13.0. The van der Waals surface area contributed by atoms with Gasteiger partial charge in [-0.05, 0) is 69.0 Å². The molecule has 2 bridgehead atoms. The highest BCUT2D eigenvalue weighted by atomic mass is 16.5. The lowest BCUT2D eigenvalue weighted by Crippen LogP contribution is -2.49. The number of hydrogen-bond donors (Lipinski definition) is 0. The predicted octanol–water partition coefficient (Wildman–Crippen LogP) is 3.69. The standard InChI is InChI=1S/C25H33N3O3/c1-16-6-7-20(13-26-16)25(29)28-15-21-12-22(28)14-27(21)19(4)23-8-9-24(18(3)17(23)2)31-11-10-30-5/h6-9,13,19,21-22H,10-12,14-15H2,1-5H3/t19-,21+,22+/m0/s1. The number of piperazine rings is 1. The minimum absolute atomic E-state index is 0.108. The first-order valence-corrected chi connectivity index (χ1v) is 11.1. The number of nitrogens with zero attached hydrogens (tertiary/aromatic N) is 3. The zero-order valence-electron chi connectivity index (χ0n) is 19.2. The molecule has 31 heavy (non-hydrogen) atoms. The van der Waals surface area contributed by atoms with Gasteiger partial charge in [0.15, 0.2) is 0 Å². The Balaban J connectivity index is 1.44. The maximum absolute atomic E-state index is 13.0. The molecule has 2 aliphatic heterocycles. The second-order valence-corrected chi connectivity index (χ2v) is 8.81. The smallest absolute Gasteiger partial charge is 0.255 e. The normalized spacial score (nSPS) is 21.5. The van der Waals surface area contributed by atoms with Gasteiger partial charge in [-0.15, -0.1) is 0 Å². The van der Waals surface area contributed by atoms with Crippen LogP contribution in [0.4, 0.5) is 0 Å². The molecule has 0 N–H and O–H groups in total. The number of pyridine rings is 1. The SMILES string of the molecule is COCCOc1ccc([C@H](C)N2C[C@H]3C[C@@H]2CN3C(=O)c2ccc(C)nc2)c(C)c1C. The van der Waals surface area contributed by atoms with Crippen LogP contribution in [0, 0.1) is 20.8 Å². The van der Waals surface area contributed by atoms with Gasteiger partial charge in [-0.25, -0.2) is 0 Å². The fraction of sp³-hybridized carbons (Fsp3) is 0.520. The molecule has 1 amide bonds. The van der Waals surface area contributed by atoms with Gasteiger partial charge in [-0.2, -0.15) is 0 Å². The van der Waals surface area contributed by atoms with Crippen molar-refractivity contribution in [2.45, 2.75) is 52.2 Å². The number of methoxy groups -OCH3 is 1. The van der Waals surface area contributed by atoms with Gasteiger partial charge in [-0.3, -0.25) is 14.7 Å². The van der Waals surface area contributed by atoms with E-state index in [1.54, 1.807) is 13.3 Å². The Kier molecular flexibility index (Phi) is 6.30. The first-order valence-electron chi connectivity index (χ1n) is 11.1. The predicted molar refractivity (Wildman–Crippen MR) is 121 cm³/mol. The fourth-order valence-electron chi connectivity index (χ4n) is 5.02. The molecule has 2 aromatic rings. The van der Waals surface area contributed by atoms with Crippen LogP contribution in [0.5, 0.6) is 5.75 Å². The van der Waals surface area contributed by atoms with Crippen LogP contribution in [-0.4, -0.2) is 66.2 Å². The van der Waals surface area contributed by atoms with E-state index in [9.17, 15) is 4.79 Å². The Morgan fingerprint density at radius 1 is 1.10 bits per heavy atom. The van der Waals surface area contributed by atoms with Crippen molar-refractivity contribution in [1.82, 2.24) is 14.8 Å². The van der Waals surface area contributed by atoms with Crippen LogP contribution in [0.3, 0.4) is 0 Å². The molecule has 3 heterocycles. The molecule has 3 atom stereocenters. The second kappa shape index (κ2) is 8.97. The summed E-state index contributed by atoms with van der Waals surface area (Å²) >= 11 is 0. The van der Waals surface area contributed by atoms with Crippen LogP contribution < -0.4 is 4.74 Å². The third kappa shape index (κ3) is 4.19. The largest absolute Gasteiger partial charge is 0.491 e. The minimum atomic E-state index is 0.108. The summed E-state index contributed by atoms with van der Waals surface area (Å²) in [5.41, 5.74) is 5.43. The highest BCUT2D eigenvalue weighted by molar-refractivity contribution is 5.94. The topological polar surface area (TPSA) is 54.9 Å². The lowest BCUT2D eigenvalue weighted by molar-refractivity contribution is 0.0568. The van der Waals surface area contributed by atoms with Gasteiger partial charge in [0.25, 0.3) is 5.91 Å². The van der Waals surface area contributed by atoms with Crippen LogP contribution in [0.15, 0.2) is 30.5 Å². The number of carbonyl (C=O) groups is 1. The molecule has 1 aromatic carbocycles. The van der Waals surface area contributed by atoms with Crippen LogP contribution >= 0.6 is 0 Å². The number of carbonyl (C=O) groups excluding carboxylic acids is 1. The Hall–Kier alpha value is -2.44. The number of fused-ring (bicyclic) bond motifs is 2. The summed E-state index contributed by atoms with van der Waals surface area (Å²) in [7, 11) is 1.68. The Morgan fingerprint density at radius 2 is 1.90 bits per heavy atom. The molecule has 0 spiro atoms. The zero-order valence-corrected chi connectivity index (χ0v) is 19.2. The summed E-state index contributed by atoms with van der Waals surface area (Å²) in [6, 6.07) is 9.06. The Morgan fingerprint density at radius 3 is 2.55 bits per heavy atom. The second-order valence-electron chi connectivity index (χ2n) is 8.81. The van der Waals surface area contributed by atoms with E-state index in [-0.39, 0.29) is 11.9 Å². The number of hydrogen-bond acceptors (Lipinski definition) is 5. The van der Waals surface area contributed by atoms with Gasteiger partial charge in [0, 0.05) is 50.2 Å². The van der Waals surface area contributed by atoms with E-state index >= 15 is 0 Å². The Labute approximate surface area is 185 Å². The van der Waals surface area contributed by atoms with E-state index in [4.69, 9.17) is 9.47 Å². The van der Waals surface area contributed by atoms with E-state index in [1.807, 2.05) is 24.0 Å². The number of benzene rings is 1. The highest BCUT2D eigenvalue weighted by Gasteiger charge is 2.47. The number of amides is 1. The van der Waals surface area contributed by atoms with E-state index in [2.05, 4.69) is 42.8 Å². The maximum Gasteiger partial charge on any atom is 0.255 e. The summed E-state index contributed by atoms with van der Waals surface area (Å²) in [6.45, 7) is 11.4. The molecule has 0 saturated carbocycles. The first-order chi connectivity index (χ1) is 14.9. The van der Waals surface area contributed by atoms with Gasteiger partial charge >= 0.3 is 0 Å². The van der Waals surface area contributed by atoms with E-state index < -0.39 is 0 Å². The lowest BCUT2D eigenvalue weighted by atomic mass is 9.96. The molecule has 6 nitrogen and oxygen atoms in total. The quantitative estimate of drug-likeness (QED) is 0.636. The van der Waals surface area contributed by atoms with Gasteiger partial charge in [0.2, 0.25) is 0 Å². The van der Waals surface area contributed by atoms with Gasteiger partial charge < -0.3 is 14.4 Å². The molecular formula is C25H33N3O3. The fourth-order valence-corrected chi connectivity index (χ4v) is 5.02. The van der Waals surface area contributed by atoms with E-state index in [0.717, 1.165) is 31.0 Å². The summed E-state index contributed by atoms with van der Waals surface area (Å²) < 4.78 is 11.0.